The summed E-state index contributed by atoms with van der Waals surface area (Å²) in [6, 6.07) is 18.3. The highest BCUT2D eigenvalue weighted by atomic mass is 16.1. The van der Waals surface area contributed by atoms with Gasteiger partial charge in [-0.05, 0) is 11.6 Å². The fourth-order valence-corrected chi connectivity index (χ4v) is 3.87. The molecular weight excluding hydrogens is 376 g/mol. The second-order valence-corrected chi connectivity index (χ2v) is 7.45. The average molecular weight is 398 g/mol. The Hall–Kier alpha value is -3.71. The molecule has 1 aliphatic rings. The first kappa shape index (κ1) is 18.3. The molecule has 0 bridgehead atoms. The predicted molar refractivity (Wildman–Crippen MR) is 119 cm³/mol. The Balaban J connectivity index is 1.29. The summed E-state index contributed by atoms with van der Waals surface area (Å²) in [4.78, 5) is 25.5. The minimum atomic E-state index is -0.109. The van der Waals surface area contributed by atoms with Crippen LogP contribution >= 0.6 is 0 Å². The fourth-order valence-electron chi connectivity index (χ4n) is 3.87. The van der Waals surface area contributed by atoms with E-state index in [2.05, 4.69) is 42.5 Å². The molecule has 3 N–H and O–H groups in total. The van der Waals surface area contributed by atoms with Crippen molar-refractivity contribution in [3.63, 3.8) is 0 Å². The van der Waals surface area contributed by atoms with Crippen LogP contribution in [0, 0.1) is 0 Å². The highest BCUT2D eigenvalue weighted by Crippen LogP contribution is 2.18. The number of hydrazone groups is 1. The second kappa shape index (κ2) is 7.96. The van der Waals surface area contributed by atoms with E-state index in [1.54, 1.807) is 6.21 Å². The highest BCUT2D eigenvalue weighted by molar-refractivity contribution is 5.99. The lowest BCUT2D eigenvalue weighted by atomic mass is 10.1. The van der Waals surface area contributed by atoms with Crippen molar-refractivity contribution in [2.75, 3.05) is 12.0 Å². The summed E-state index contributed by atoms with van der Waals surface area (Å²) in [6.07, 6.45) is 4.37. The molecule has 0 amide bonds. The number of fused-ring (bicyclic) bond motifs is 2. The van der Waals surface area contributed by atoms with Gasteiger partial charge in [0.15, 0.2) is 0 Å². The molecule has 1 aliphatic heterocycles. The molecule has 2 aromatic carbocycles. The molecule has 3 heterocycles. The van der Waals surface area contributed by atoms with Gasteiger partial charge in [-0.15, -0.1) is 0 Å². The first-order chi connectivity index (χ1) is 14.8. The van der Waals surface area contributed by atoms with Gasteiger partial charge in [-0.25, -0.2) is 10.4 Å². The van der Waals surface area contributed by atoms with E-state index in [0.717, 1.165) is 47.2 Å². The van der Waals surface area contributed by atoms with E-state index in [-0.39, 0.29) is 5.56 Å². The maximum absolute atomic E-state index is 12.6. The first-order valence-corrected chi connectivity index (χ1v) is 10.00. The number of hydrogen-bond acceptors (Lipinski definition) is 5. The van der Waals surface area contributed by atoms with Crippen LogP contribution < -0.4 is 11.0 Å². The zero-order chi connectivity index (χ0) is 20.3. The van der Waals surface area contributed by atoms with E-state index in [4.69, 9.17) is 0 Å². The van der Waals surface area contributed by atoms with Crippen LogP contribution in [0.4, 0.5) is 5.95 Å². The maximum atomic E-state index is 12.6. The Morgan fingerprint density at radius 3 is 2.87 bits per heavy atom. The van der Waals surface area contributed by atoms with Gasteiger partial charge in [0.25, 0.3) is 5.56 Å². The summed E-state index contributed by atoms with van der Waals surface area (Å²) in [5.41, 5.74) is 7.60. The Morgan fingerprint density at radius 2 is 1.97 bits per heavy atom. The van der Waals surface area contributed by atoms with Gasteiger partial charge < -0.3 is 4.98 Å². The number of aromatic nitrogens is 3. The van der Waals surface area contributed by atoms with Crippen LogP contribution in [-0.2, 0) is 19.5 Å². The Kier molecular flexibility index (Phi) is 4.86. The van der Waals surface area contributed by atoms with E-state index in [0.29, 0.717) is 12.5 Å². The standard InChI is InChI=1S/C23H22N6O/c30-22-19-15-29(14-16-6-2-1-3-7-16)11-10-21(19)26-23(27-22)28-25-13-17-12-24-20-9-5-4-8-18(17)20/h1-9,12-13,24H,10-11,14-15H2,(H2,26,27,28,30)/b25-13-. The molecular formula is C23H22N6O. The van der Waals surface area contributed by atoms with E-state index < -0.39 is 0 Å². The number of para-hydroxylation sites is 1. The molecule has 30 heavy (non-hydrogen) atoms. The van der Waals surface area contributed by atoms with Crippen LogP contribution in [0.25, 0.3) is 10.9 Å². The number of rotatable bonds is 5. The molecule has 0 saturated heterocycles. The molecule has 150 valence electrons. The normalized spacial score (nSPS) is 14.3. The molecule has 0 unspecified atom stereocenters. The van der Waals surface area contributed by atoms with Gasteiger partial charge in [0, 0.05) is 48.7 Å². The predicted octanol–water partition coefficient (Wildman–Crippen LogP) is 3.26. The monoisotopic (exact) mass is 398 g/mol. The summed E-state index contributed by atoms with van der Waals surface area (Å²) >= 11 is 0. The van der Waals surface area contributed by atoms with Crippen molar-refractivity contribution >= 4 is 23.1 Å². The first-order valence-electron chi connectivity index (χ1n) is 10.00. The molecule has 7 heteroatoms. The molecule has 0 saturated carbocycles. The summed E-state index contributed by atoms with van der Waals surface area (Å²) in [5.74, 6) is 0.367. The lowest BCUT2D eigenvalue weighted by molar-refractivity contribution is 0.242. The van der Waals surface area contributed by atoms with Gasteiger partial charge in [-0.1, -0.05) is 48.5 Å². The molecule has 5 rings (SSSR count). The van der Waals surface area contributed by atoms with Crippen molar-refractivity contribution in [1.29, 1.82) is 0 Å². The molecule has 0 fully saturated rings. The zero-order valence-electron chi connectivity index (χ0n) is 16.4. The lowest BCUT2D eigenvalue weighted by Crippen LogP contribution is -2.35. The number of benzene rings is 2. The zero-order valence-corrected chi connectivity index (χ0v) is 16.4. The van der Waals surface area contributed by atoms with Crippen molar-refractivity contribution in [3.05, 3.63) is 93.5 Å². The van der Waals surface area contributed by atoms with Crippen LogP contribution in [0.2, 0.25) is 0 Å². The molecule has 0 spiro atoms. The molecule has 7 nitrogen and oxygen atoms in total. The quantitative estimate of drug-likeness (QED) is 0.356. The van der Waals surface area contributed by atoms with Crippen LogP contribution in [0.5, 0.6) is 0 Å². The third-order valence-electron chi connectivity index (χ3n) is 5.39. The highest BCUT2D eigenvalue weighted by Gasteiger charge is 2.21. The molecule has 0 aliphatic carbocycles. The number of nitrogens with zero attached hydrogens (tertiary/aromatic N) is 3. The summed E-state index contributed by atoms with van der Waals surface area (Å²) < 4.78 is 0. The Labute approximate surface area is 173 Å². The minimum absolute atomic E-state index is 0.109. The third kappa shape index (κ3) is 3.75. The van der Waals surface area contributed by atoms with Crippen LogP contribution in [-0.4, -0.2) is 32.6 Å². The number of anilines is 1. The number of aromatic amines is 2. The number of H-pyrrole nitrogens is 2. The van der Waals surface area contributed by atoms with Gasteiger partial charge >= 0.3 is 0 Å². The van der Waals surface area contributed by atoms with E-state index >= 15 is 0 Å². The van der Waals surface area contributed by atoms with Crippen molar-refractivity contribution in [1.82, 2.24) is 19.9 Å². The van der Waals surface area contributed by atoms with E-state index in [1.807, 2.05) is 48.7 Å². The van der Waals surface area contributed by atoms with E-state index in [9.17, 15) is 4.79 Å². The Morgan fingerprint density at radius 1 is 1.13 bits per heavy atom. The van der Waals surface area contributed by atoms with Crippen molar-refractivity contribution in [2.24, 2.45) is 5.10 Å². The fraction of sp³-hybridized carbons (Fsp3) is 0.174. The second-order valence-electron chi connectivity index (χ2n) is 7.45. The van der Waals surface area contributed by atoms with Gasteiger partial charge in [0.05, 0.1) is 17.5 Å². The van der Waals surface area contributed by atoms with Gasteiger partial charge in [0.1, 0.15) is 0 Å². The molecule has 0 atom stereocenters. The molecule has 4 aromatic rings. The van der Waals surface area contributed by atoms with Gasteiger partial charge in [-0.3, -0.25) is 14.7 Å². The Bertz CT molecular complexity index is 1260. The topological polar surface area (TPSA) is 89.2 Å². The third-order valence-corrected chi connectivity index (χ3v) is 5.39. The van der Waals surface area contributed by atoms with Crippen LogP contribution in [0.3, 0.4) is 0 Å². The van der Waals surface area contributed by atoms with Crippen molar-refractivity contribution < 1.29 is 0 Å². The van der Waals surface area contributed by atoms with Gasteiger partial charge in [0.2, 0.25) is 5.95 Å². The van der Waals surface area contributed by atoms with Crippen LogP contribution in [0.15, 0.2) is 70.7 Å². The van der Waals surface area contributed by atoms with Crippen LogP contribution in [0.1, 0.15) is 22.4 Å². The smallest absolute Gasteiger partial charge is 0.257 e. The SMILES string of the molecule is O=c1[nH]c(N/N=C\c2c[nH]c3ccccc23)nc2c1CN(Cc1ccccc1)CC2. The average Bonchev–Trinajstić information content (AvgIpc) is 3.18. The summed E-state index contributed by atoms with van der Waals surface area (Å²) in [6.45, 7) is 2.30. The molecule has 0 radical (unpaired) electrons. The van der Waals surface area contributed by atoms with Crippen molar-refractivity contribution in [2.45, 2.75) is 19.5 Å². The number of nitrogens with one attached hydrogen (secondary N) is 3. The minimum Gasteiger partial charge on any atom is -0.361 e. The lowest BCUT2D eigenvalue weighted by Gasteiger charge is -2.27. The van der Waals surface area contributed by atoms with E-state index in [1.165, 1.54) is 5.56 Å². The molecule has 2 aromatic heterocycles. The van der Waals surface area contributed by atoms with Gasteiger partial charge in [-0.2, -0.15) is 5.10 Å². The largest absolute Gasteiger partial charge is 0.361 e. The summed E-state index contributed by atoms with van der Waals surface area (Å²) in [7, 11) is 0. The van der Waals surface area contributed by atoms with Crippen molar-refractivity contribution in [3.8, 4) is 0 Å². The number of hydrogen-bond donors (Lipinski definition) is 3. The maximum Gasteiger partial charge on any atom is 0.257 e. The summed E-state index contributed by atoms with van der Waals surface area (Å²) in [5, 5.41) is 5.35.